The Morgan fingerprint density at radius 3 is 2.41 bits per heavy atom. The van der Waals surface area contributed by atoms with Gasteiger partial charge in [-0.2, -0.15) is 17.5 Å². The van der Waals surface area contributed by atoms with Gasteiger partial charge in [0.05, 0.1) is 20.8 Å². The lowest BCUT2D eigenvalue weighted by Crippen LogP contribution is -2.46. The van der Waals surface area contributed by atoms with Crippen LogP contribution in [0.3, 0.4) is 0 Å². The summed E-state index contributed by atoms with van der Waals surface area (Å²) in [5.41, 5.74) is 1.44. The molecule has 1 saturated heterocycles. The largest absolute Gasteiger partial charge is 0.511 e. The number of hydrogen-bond acceptors (Lipinski definition) is 5. The Kier molecular flexibility index (Phi) is 7.58. The molecule has 1 aromatic carbocycles. The molecule has 0 atom stereocenters. The van der Waals surface area contributed by atoms with Gasteiger partial charge < -0.3 is 20.5 Å². The molecule has 1 aliphatic rings. The number of nitrogens with one attached hydrogen (secondary N) is 1. The van der Waals surface area contributed by atoms with Crippen LogP contribution in [0.5, 0.6) is 11.5 Å². The second-order valence-electron chi connectivity index (χ2n) is 6.56. The van der Waals surface area contributed by atoms with Crippen LogP contribution in [0.1, 0.15) is 18.4 Å². The van der Waals surface area contributed by atoms with E-state index in [-0.39, 0.29) is 25.0 Å². The highest BCUT2D eigenvalue weighted by Crippen LogP contribution is 2.30. The fourth-order valence-electron chi connectivity index (χ4n) is 2.96. The fourth-order valence-corrected chi connectivity index (χ4v) is 3.94. The maximum absolute atomic E-state index is 12.6. The second kappa shape index (κ2) is 9.53. The molecule has 1 aromatic rings. The average molecular weight is 438 g/mol. The summed E-state index contributed by atoms with van der Waals surface area (Å²) >= 11 is 0. The quantitative estimate of drug-likeness (QED) is 0.496. The SMILES string of the molecule is COc1ccc(CN=C(N)NCC2CCN(S(=O)(=O)C(F)(F)F)CC2)cc1OC. The van der Waals surface area contributed by atoms with Crippen LogP contribution in [0.15, 0.2) is 23.2 Å². The summed E-state index contributed by atoms with van der Waals surface area (Å²) in [4.78, 5) is 4.23. The Bertz CT molecular complexity index is 822. The van der Waals surface area contributed by atoms with Crippen LogP contribution in [0.25, 0.3) is 0 Å². The number of methoxy groups -OCH3 is 2. The number of guanidine groups is 1. The standard InChI is InChI=1S/C17H25F3N4O4S/c1-27-14-4-3-13(9-15(14)28-2)11-23-16(21)22-10-12-5-7-24(8-6-12)29(25,26)17(18,19)20/h3-4,9,12H,5-8,10-11H2,1-2H3,(H3,21,22,23). The molecule has 29 heavy (non-hydrogen) atoms. The normalized spacial score (nSPS) is 17.2. The van der Waals surface area contributed by atoms with Gasteiger partial charge in [0.1, 0.15) is 0 Å². The van der Waals surface area contributed by atoms with Crippen molar-refractivity contribution in [3.8, 4) is 11.5 Å². The Hall–Kier alpha value is -2.21. The monoisotopic (exact) mass is 438 g/mol. The predicted octanol–water partition coefficient (Wildman–Crippen LogP) is 1.67. The van der Waals surface area contributed by atoms with Gasteiger partial charge in [0.15, 0.2) is 17.5 Å². The van der Waals surface area contributed by atoms with E-state index in [2.05, 4.69) is 10.3 Å². The number of nitrogens with two attached hydrogens (primary N) is 1. The van der Waals surface area contributed by atoms with Crippen LogP contribution < -0.4 is 20.5 Å². The van der Waals surface area contributed by atoms with Crippen molar-refractivity contribution in [2.75, 3.05) is 33.9 Å². The van der Waals surface area contributed by atoms with Crippen LogP contribution in [0.2, 0.25) is 0 Å². The van der Waals surface area contributed by atoms with E-state index < -0.39 is 15.5 Å². The second-order valence-corrected chi connectivity index (χ2v) is 8.49. The minimum atomic E-state index is -5.26. The van der Waals surface area contributed by atoms with E-state index in [0.717, 1.165) is 5.56 Å². The Balaban J connectivity index is 1.82. The highest BCUT2D eigenvalue weighted by molar-refractivity contribution is 7.90. The van der Waals surface area contributed by atoms with E-state index in [0.29, 0.717) is 41.7 Å². The maximum Gasteiger partial charge on any atom is 0.511 e. The number of hydrogen-bond donors (Lipinski definition) is 2. The van der Waals surface area contributed by atoms with Gasteiger partial charge in [-0.1, -0.05) is 6.07 Å². The van der Waals surface area contributed by atoms with Gasteiger partial charge in [-0.05, 0) is 36.5 Å². The Morgan fingerprint density at radius 2 is 1.86 bits per heavy atom. The molecule has 1 aliphatic heterocycles. The van der Waals surface area contributed by atoms with E-state index in [9.17, 15) is 21.6 Å². The lowest BCUT2D eigenvalue weighted by Gasteiger charge is -2.31. The zero-order chi connectivity index (χ0) is 21.7. The zero-order valence-corrected chi connectivity index (χ0v) is 17.0. The molecule has 2 rings (SSSR count). The molecule has 3 N–H and O–H groups in total. The van der Waals surface area contributed by atoms with E-state index in [1.54, 1.807) is 19.2 Å². The lowest BCUT2D eigenvalue weighted by molar-refractivity contribution is -0.0496. The number of nitrogens with zero attached hydrogens (tertiary/aromatic N) is 2. The molecule has 0 spiro atoms. The number of sulfonamides is 1. The molecule has 0 aromatic heterocycles. The van der Waals surface area contributed by atoms with Gasteiger partial charge in [0.25, 0.3) is 0 Å². The minimum absolute atomic E-state index is 0.00418. The molecule has 0 amide bonds. The van der Waals surface area contributed by atoms with Crippen LogP contribution in [-0.4, -0.2) is 58.0 Å². The number of benzene rings is 1. The third-order valence-electron chi connectivity index (χ3n) is 4.66. The van der Waals surface area contributed by atoms with Gasteiger partial charge in [0, 0.05) is 19.6 Å². The molecule has 0 bridgehead atoms. The number of piperidine rings is 1. The van der Waals surface area contributed by atoms with Crippen molar-refractivity contribution in [3.05, 3.63) is 23.8 Å². The number of rotatable bonds is 7. The molecule has 0 radical (unpaired) electrons. The van der Waals surface area contributed by atoms with Crippen molar-refractivity contribution in [2.24, 2.45) is 16.6 Å². The first-order valence-corrected chi connectivity index (χ1v) is 10.3. The fraction of sp³-hybridized carbons (Fsp3) is 0.588. The molecule has 0 saturated carbocycles. The number of alkyl halides is 3. The predicted molar refractivity (Wildman–Crippen MR) is 102 cm³/mol. The van der Waals surface area contributed by atoms with E-state index in [1.165, 1.54) is 7.11 Å². The van der Waals surface area contributed by atoms with Gasteiger partial charge in [-0.15, -0.1) is 0 Å². The topological polar surface area (TPSA) is 106 Å². The first-order chi connectivity index (χ1) is 13.6. The van der Waals surface area contributed by atoms with E-state index in [1.807, 2.05) is 6.07 Å². The van der Waals surface area contributed by atoms with Crippen molar-refractivity contribution < 1.29 is 31.1 Å². The summed E-state index contributed by atoms with van der Waals surface area (Å²) < 4.78 is 71.5. The average Bonchev–Trinajstić information content (AvgIpc) is 2.69. The smallest absolute Gasteiger partial charge is 0.493 e. The molecular weight excluding hydrogens is 413 g/mol. The molecular formula is C17H25F3N4O4S. The first kappa shape index (κ1) is 23.1. The number of ether oxygens (including phenoxy) is 2. The van der Waals surface area contributed by atoms with Crippen LogP contribution in [0.4, 0.5) is 13.2 Å². The Labute approximate surface area is 167 Å². The van der Waals surface area contributed by atoms with Gasteiger partial charge >= 0.3 is 15.5 Å². The summed E-state index contributed by atoms with van der Waals surface area (Å²) in [6.45, 7) is 0.371. The molecule has 0 aliphatic carbocycles. The van der Waals surface area contributed by atoms with Crippen LogP contribution >= 0.6 is 0 Å². The summed E-state index contributed by atoms with van der Waals surface area (Å²) in [6.07, 6.45) is 0.622. The zero-order valence-electron chi connectivity index (χ0n) is 16.2. The number of aliphatic imine (C=N–C) groups is 1. The van der Waals surface area contributed by atoms with Crippen molar-refractivity contribution in [2.45, 2.75) is 24.9 Å². The summed E-state index contributed by atoms with van der Waals surface area (Å²) in [6, 6.07) is 5.37. The van der Waals surface area contributed by atoms with Crippen LogP contribution in [-0.2, 0) is 16.6 Å². The molecule has 1 fully saturated rings. The molecule has 164 valence electrons. The summed E-state index contributed by atoms with van der Waals surface area (Å²) in [5, 5.41) is 2.94. The summed E-state index contributed by atoms with van der Waals surface area (Å²) in [7, 11) is -2.18. The van der Waals surface area contributed by atoms with Gasteiger partial charge in [-0.25, -0.2) is 13.4 Å². The van der Waals surface area contributed by atoms with Crippen molar-refractivity contribution >= 4 is 16.0 Å². The van der Waals surface area contributed by atoms with Crippen molar-refractivity contribution in [1.82, 2.24) is 9.62 Å². The first-order valence-electron chi connectivity index (χ1n) is 8.89. The van der Waals surface area contributed by atoms with E-state index >= 15 is 0 Å². The Morgan fingerprint density at radius 1 is 1.24 bits per heavy atom. The highest BCUT2D eigenvalue weighted by atomic mass is 32.2. The third-order valence-corrected chi connectivity index (χ3v) is 6.29. The minimum Gasteiger partial charge on any atom is -0.493 e. The maximum atomic E-state index is 12.6. The van der Waals surface area contributed by atoms with E-state index in [4.69, 9.17) is 15.2 Å². The van der Waals surface area contributed by atoms with Crippen LogP contribution in [0, 0.1) is 5.92 Å². The van der Waals surface area contributed by atoms with Gasteiger partial charge in [-0.3, -0.25) is 0 Å². The molecule has 1 heterocycles. The van der Waals surface area contributed by atoms with Crippen molar-refractivity contribution in [1.29, 1.82) is 0 Å². The van der Waals surface area contributed by atoms with Gasteiger partial charge in [0.2, 0.25) is 0 Å². The molecule has 8 nitrogen and oxygen atoms in total. The van der Waals surface area contributed by atoms with Crippen molar-refractivity contribution in [3.63, 3.8) is 0 Å². The summed E-state index contributed by atoms with van der Waals surface area (Å²) in [5.74, 6) is 1.38. The highest BCUT2D eigenvalue weighted by Gasteiger charge is 2.50. The third kappa shape index (κ3) is 5.89. The molecule has 0 unspecified atom stereocenters. The number of halogens is 3. The lowest BCUT2D eigenvalue weighted by atomic mass is 9.98. The molecule has 12 heteroatoms.